The van der Waals surface area contributed by atoms with Gasteiger partial charge >= 0.3 is 5.97 Å². The summed E-state index contributed by atoms with van der Waals surface area (Å²) >= 11 is 2.35. The van der Waals surface area contributed by atoms with Gasteiger partial charge in [0.1, 0.15) is 0 Å². The first kappa shape index (κ1) is 18.1. The quantitative estimate of drug-likeness (QED) is 0.286. The summed E-state index contributed by atoms with van der Waals surface area (Å²) in [6, 6.07) is 9.21. The monoisotopic (exact) mass is 390 g/mol. The number of rotatable bonds is 7. The van der Waals surface area contributed by atoms with Crippen molar-refractivity contribution in [1.29, 1.82) is 0 Å². The van der Waals surface area contributed by atoms with Crippen molar-refractivity contribution in [2.75, 3.05) is 13.2 Å². The minimum atomic E-state index is -0.563. The number of aromatic amines is 1. The Hall–Kier alpha value is -2.72. The molecule has 3 rings (SSSR count). The third-order valence-electron chi connectivity index (χ3n) is 3.05. The van der Waals surface area contributed by atoms with Crippen LogP contribution in [0.1, 0.15) is 12.6 Å². The van der Waals surface area contributed by atoms with Gasteiger partial charge in [-0.2, -0.15) is 5.10 Å². The fraction of sp³-hybridized carbons (Fsp3) is 0.188. The highest BCUT2D eigenvalue weighted by Crippen LogP contribution is 2.30. The lowest BCUT2D eigenvalue weighted by molar-refractivity contribution is -0.148. The van der Waals surface area contributed by atoms with Gasteiger partial charge in [-0.15, -0.1) is 11.3 Å². The summed E-state index contributed by atoms with van der Waals surface area (Å²) in [7, 11) is 0. The van der Waals surface area contributed by atoms with Crippen molar-refractivity contribution in [3.05, 3.63) is 42.2 Å². The molecule has 0 fully saturated rings. The molecule has 26 heavy (non-hydrogen) atoms. The third-order valence-corrected chi connectivity index (χ3v) is 5.02. The van der Waals surface area contributed by atoms with Crippen LogP contribution < -0.4 is 0 Å². The van der Waals surface area contributed by atoms with Crippen LogP contribution in [0.3, 0.4) is 0 Å². The van der Waals surface area contributed by atoms with E-state index in [1.807, 2.05) is 24.3 Å². The molecule has 0 unspecified atom stereocenters. The van der Waals surface area contributed by atoms with Crippen molar-refractivity contribution < 1.29 is 19.2 Å². The molecular weight excluding hydrogens is 376 g/mol. The second-order valence-electron chi connectivity index (χ2n) is 4.83. The maximum Gasteiger partial charge on any atom is 0.347 e. The second-order valence-corrected chi connectivity index (χ2v) is 7.08. The van der Waals surface area contributed by atoms with E-state index in [1.165, 1.54) is 17.5 Å². The fourth-order valence-electron chi connectivity index (χ4n) is 1.96. The molecule has 0 atom stereocenters. The van der Waals surface area contributed by atoms with Gasteiger partial charge in [-0.05, 0) is 36.9 Å². The SMILES string of the molecule is CCOC(=O)CO/N=C(/C(=O)Sc1nc2ccccc2s1)c1ccn[nH]1. The van der Waals surface area contributed by atoms with Crippen molar-refractivity contribution in [1.82, 2.24) is 15.2 Å². The van der Waals surface area contributed by atoms with Crippen LogP contribution in [-0.2, 0) is 19.2 Å². The molecule has 0 aliphatic heterocycles. The van der Waals surface area contributed by atoms with E-state index in [9.17, 15) is 9.59 Å². The minimum absolute atomic E-state index is 0.0102. The summed E-state index contributed by atoms with van der Waals surface area (Å²) in [5.41, 5.74) is 1.22. The van der Waals surface area contributed by atoms with Crippen molar-refractivity contribution >= 4 is 50.1 Å². The van der Waals surface area contributed by atoms with E-state index in [0.717, 1.165) is 22.0 Å². The molecule has 0 aliphatic rings. The number of esters is 1. The summed E-state index contributed by atoms with van der Waals surface area (Å²) in [6.45, 7) is 1.55. The van der Waals surface area contributed by atoms with E-state index < -0.39 is 5.97 Å². The van der Waals surface area contributed by atoms with Crippen LogP contribution in [0.4, 0.5) is 0 Å². The zero-order valence-electron chi connectivity index (χ0n) is 13.7. The van der Waals surface area contributed by atoms with Crippen LogP contribution >= 0.6 is 23.1 Å². The highest BCUT2D eigenvalue weighted by molar-refractivity contribution is 8.16. The van der Waals surface area contributed by atoms with E-state index in [2.05, 4.69) is 20.3 Å². The molecule has 0 aliphatic carbocycles. The third kappa shape index (κ3) is 4.46. The smallest absolute Gasteiger partial charge is 0.347 e. The first-order chi connectivity index (χ1) is 12.7. The Bertz CT molecular complexity index is 904. The van der Waals surface area contributed by atoms with Crippen molar-refractivity contribution in [2.45, 2.75) is 11.3 Å². The van der Waals surface area contributed by atoms with Crippen LogP contribution in [0, 0.1) is 0 Å². The number of H-pyrrole nitrogens is 1. The minimum Gasteiger partial charge on any atom is -0.463 e. The van der Waals surface area contributed by atoms with Gasteiger partial charge in [0.05, 0.1) is 22.5 Å². The second kappa shape index (κ2) is 8.59. The van der Waals surface area contributed by atoms with Crippen LogP contribution in [0.5, 0.6) is 0 Å². The lowest BCUT2D eigenvalue weighted by Gasteiger charge is -2.03. The van der Waals surface area contributed by atoms with Gasteiger partial charge in [-0.1, -0.05) is 17.3 Å². The molecule has 0 radical (unpaired) electrons. The molecule has 2 aromatic heterocycles. The molecule has 2 heterocycles. The van der Waals surface area contributed by atoms with E-state index in [-0.39, 0.29) is 24.0 Å². The Morgan fingerprint density at radius 2 is 2.15 bits per heavy atom. The Labute approximate surface area is 156 Å². The number of para-hydroxylation sites is 1. The lowest BCUT2D eigenvalue weighted by atomic mass is 10.3. The number of oxime groups is 1. The zero-order chi connectivity index (χ0) is 18.4. The van der Waals surface area contributed by atoms with Gasteiger partial charge in [-0.3, -0.25) is 9.89 Å². The van der Waals surface area contributed by atoms with Gasteiger partial charge in [0.25, 0.3) is 0 Å². The van der Waals surface area contributed by atoms with Crippen molar-refractivity contribution in [3.8, 4) is 0 Å². The summed E-state index contributed by atoms with van der Waals surface area (Å²) < 4.78 is 6.33. The zero-order valence-corrected chi connectivity index (χ0v) is 15.3. The standard InChI is InChI=1S/C16H14N4O4S2/c1-2-23-13(21)9-24-20-14(11-7-8-17-19-11)15(22)26-16-18-10-5-3-4-6-12(10)25-16/h3-8H,2,9H2,1H3,(H,17,19)/b20-14+. The van der Waals surface area contributed by atoms with E-state index >= 15 is 0 Å². The first-order valence-corrected chi connectivity index (χ1v) is 9.23. The number of hydrogen-bond donors (Lipinski definition) is 1. The maximum atomic E-state index is 12.6. The number of nitrogens with one attached hydrogen (secondary N) is 1. The van der Waals surface area contributed by atoms with Crippen LogP contribution in [0.15, 0.2) is 46.0 Å². The molecular formula is C16H14N4O4S2. The van der Waals surface area contributed by atoms with Crippen LogP contribution in [-0.4, -0.2) is 45.2 Å². The molecule has 0 saturated carbocycles. The first-order valence-electron chi connectivity index (χ1n) is 7.60. The number of thiazole rings is 1. The number of nitrogens with zero attached hydrogens (tertiary/aromatic N) is 3. The summed E-state index contributed by atoms with van der Waals surface area (Å²) in [6.07, 6.45) is 1.49. The number of aromatic nitrogens is 3. The van der Waals surface area contributed by atoms with Crippen molar-refractivity contribution in [2.24, 2.45) is 5.16 Å². The molecule has 1 aromatic carbocycles. The van der Waals surface area contributed by atoms with Gasteiger partial charge in [0.15, 0.2) is 10.1 Å². The average molecular weight is 390 g/mol. The highest BCUT2D eigenvalue weighted by atomic mass is 32.2. The maximum absolute atomic E-state index is 12.6. The highest BCUT2D eigenvalue weighted by Gasteiger charge is 2.20. The van der Waals surface area contributed by atoms with Crippen LogP contribution in [0.25, 0.3) is 10.2 Å². The molecule has 3 aromatic rings. The number of thioether (sulfide) groups is 1. The predicted molar refractivity (Wildman–Crippen MR) is 98.2 cm³/mol. The summed E-state index contributed by atoms with van der Waals surface area (Å²) in [4.78, 5) is 33.4. The number of carbonyl (C=O) groups is 2. The van der Waals surface area contributed by atoms with E-state index in [1.54, 1.807) is 13.0 Å². The largest absolute Gasteiger partial charge is 0.463 e. The van der Waals surface area contributed by atoms with Gasteiger partial charge in [0, 0.05) is 6.20 Å². The molecule has 8 nitrogen and oxygen atoms in total. The number of carbonyl (C=O) groups excluding carboxylic acids is 2. The topological polar surface area (TPSA) is 107 Å². The fourth-order valence-corrected chi connectivity index (χ4v) is 3.87. The van der Waals surface area contributed by atoms with Gasteiger partial charge < -0.3 is 9.57 Å². The Balaban J connectivity index is 1.75. The molecule has 10 heteroatoms. The van der Waals surface area contributed by atoms with Crippen molar-refractivity contribution in [3.63, 3.8) is 0 Å². The number of fused-ring (bicyclic) bond motifs is 1. The van der Waals surface area contributed by atoms with Crippen LogP contribution in [0.2, 0.25) is 0 Å². The summed E-state index contributed by atoms with van der Waals surface area (Å²) in [5.74, 6) is -0.563. The Kier molecular flexibility index (Phi) is 5.97. The average Bonchev–Trinajstić information content (AvgIpc) is 3.27. The molecule has 0 amide bonds. The lowest BCUT2D eigenvalue weighted by Crippen LogP contribution is -2.16. The number of benzene rings is 1. The Morgan fingerprint density at radius 3 is 2.88 bits per heavy atom. The van der Waals surface area contributed by atoms with Gasteiger partial charge in [0.2, 0.25) is 11.7 Å². The van der Waals surface area contributed by atoms with E-state index in [0.29, 0.717) is 10.0 Å². The molecule has 134 valence electrons. The van der Waals surface area contributed by atoms with Gasteiger partial charge in [-0.25, -0.2) is 9.78 Å². The molecule has 0 bridgehead atoms. The number of ether oxygens (including phenoxy) is 1. The Morgan fingerprint density at radius 1 is 1.31 bits per heavy atom. The molecule has 0 spiro atoms. The molecule has 0 saturated heterocycles. The molecule has 1 N–H and O–H groups in total. The van der Waals surface area contributed by atoms with E-state index in [4.69, 9.17) is 9.57 Å². The number of hydrogen-bond acceptors (Lipinski definition) is 9. The predicted octanol–water partition coefficient (Wildman–Crippen LogP) is 2.62. The summed E-state index contributed by atoms with van der Waals surface area (Å²) in [5, 5.41) is 9.89. The normalized spacial score (nSPS) is 11.5.